The third-order valence-electron chi connectivity index (χ3n) is 4.21. The van der Waals surface area contributed by atoms with Gasteiger partial charge in [-0.25, -0.2) is 4.21 Å². The summed E-state index contributed by atoms with van der Waals surface area (Å²) in [5.74, 6) is -0.505. The molecule has 0 aromatic heterocycles. The van der Waals surface area contributed by atoms with Gasteiger partial charge in [-0.2, -0.15) is 26.9 Å². The van der Waals surface area contributed by atoms with Crippen LogP contribution in [0.1, 0.15) is 11.1 Å². The fourth-order valence-corrected chi connectivity index (χ4v) is 3.69. The zero-order valence-corrected chi connectivity index (χ0v) is 19.4. The quantitative estimate of drug-likeness (QED) is 0.204. The van der Waals surface area contributed by atoms with Crippen LogP contribution in [0.15, 0.2) is 36.4 Å². The standard InChI is InChI=1S/C19H19F3N2O8S2/c1-29-12-31-18-10-15(32-34(27,28)19(20,21)22)5-4-14(18)7-8-24(33(25)26)16-9-13(11-23)3-6-17(16)30-2/h3-6,9-10H,7-8,12H2,1-2H3,(H,25,26). The summed E-state index contributed by atoms with van der Waals surface area (Å²) >= 11 is -2.54. The largest absolute Gasteiger partial charge is 0.534 e. The number of nitriles is 1. The van der Waals surface area contributed by atoms with Gasteiger partial charge in [-0.05, 0) is 36.2 Å². The zero-order chi connectivity index (χ0) is 25.5. The van der Waals surface area contributed by atoms with Crippen molar-refractivity contribution in [2.75, 3.05) is 31.9 Å². The van der Waals surface area contributed by atoms with Gasteiger partial charge in [0.25, 0.3) is 11.3 Å². The molecule has 0 spiro atoms. The first-order chi connectivity index (χ1) is 15.9. The van der Waals surface area contributed by atoms with Crippen LogP contribution in [0, 0.1) is 11.3 Å². The van der Waals surface area contributed by atoms with Crippen molar-refractivity contribution in [1.82, 2.24) is 0 Å². The Labute approximate surface area is 195 Å². The summed E-state index contributed by atoms with van der Waals surface area (Å²) in [5, 5.41) is 9.13. The first-order valence-electron chi connectivity index (χ1n) is 9.15. The van der Waals surface area contributed by atoms with Crippen LogP contribution in [-0.2, 0) is 32.5 Å². The molecule has 1 N–H and O–H groups in total. The highest BCUT2D eigenvalue weighted by atomic mass is 32.2. The molecule has 1 unspecified atom stereocenters. The van der Waals surface area contributed by atoms with Crippen molar-refractivity contribution in [2.24, 2.45) is 0 Å². The molecule has 0 aliphatic heterocycles. The van der Waals surface area contributed by atoms with E-state index < -0.39 is 32.6 Å². The first-order valence-corrected chi connectivity index (χ1v) is 11.6. The topological polar surface area (TPSA) is 135 Å². The number of ether oxygens (including phenoxy) is 3. The van der Waals surface area contributed by atoms with Crippen molar-refractivity contribution in [1.29, 1.82) is 5.26 Å². The average molecular weight is 524 g/mol. The van der Waals surface area contributed by atoms with Crippen LogP contribution in [0.25, 0.3) is 0 Å². The monoisotopic (exact) mass is 524 g/mol. The highest BCUT2D eigenvalue weighted by Gasteiger charge is 2.48. The highest BCUT2D eigenvalue weighted by Crippen LogP contribution is 2.33. The predicted molar refractivity (Wildman–Crippen MR) is 114 cm³/mol. The lowest BCUT2D eigenvalue weighted by molar-refractivity contribution is -0.0500. The minimum absolute atomic E-state index is 0.0115. The second kappa shape index (κ2) is 11.4. The predicted octanol–water partition coefficient (Wildman–Crippen LogP) is 2.96. The first kappa shape index (κ1) is 27.2. The van der Waals surface area contributed by atoms with E-state index in [1.165, 1.54) is 38.5 Å². The Bertz CT molecular complexity index is 1180. The van der Waals surface area contributed by atoms with Gasteiger partial charge in [-0.15, -0.1) is 0 Å². The number of rotatable bonds is 11. The maximum Gasteiger partial charge on any atom is 0.534 e. The third kappa shape index (κ3) is 6.73. The second-order valence-electron chi connectivity index (χ2n) is 6.38. The summed E-state index contributed by atoms with van der Waals surface area (Å²) in [5.41, 5.74) is -4.93. The van der Waals surface area contributed by atoms with Crippen LogP contribution in [0.5, 0.6) is 17.2 Å². The van der Waals surface area contributed by atoms with E-state index in [1.54, 1.807) is 0 Å². The molecule has 0 aliphatic rings. The van der Waals surface area contributed by atoms with Gasteiger partial charge in [0, 0.05) is 19.7 Å². The summed E-state index contributed by atoms with van der Waals surface area (Å²) in [4.78, 5) is 0. The minimum Gasteiger partial charge on any atom is -0.495 e. The molecule has 0 aliphatic carbocycles. The van der Waals surface area contributed by atoms with E-state index in [4.69, 9.17) is 19.5 Å². The molecule has 0 bridgehead atoms. The molecule has 1 atom stereocenters. The molecule has 0 saturated heterocycles. The summed E-state index contributed by atoms with van der Waals surface area (Å²) in [7, 11) is -3.26. The SMILES string of the molecule is COCOc1cc(OS(=O)(=O)C(F)(F)F)ccc1CCN(c1cc(C#N)ccc1OC)S(=O)O. The fourth-order valence-electron chi connectivity index (χ4n) is 2.68. The Balaban J connectivity index is 2.36. The molecule has 0 radical (unpaired) electrons. The molecule has 0 saturated carbocycles. The molecule has 15 heteroatoms. The Morgan fingerprint density at radius 2 is 1.85 bits per heavy atom. The number of hydrogen-bond donors (Lipinski definition) is 1. The molecule has 34 heavy (non-hydrogen) atoms. The average Bonchev–Trinajstić information content (AvgIpc) is 2.77. The molecule has 0 amide bonds. The van der Waals surface area contributed by atoms with Crippen LogP contribution in [0.2, 0.25) is 0 Å². The van der Waals surface area contributed by atoms with Crippen molar-refractivity contribution in [3.8, 4) is 23.3 Å². The van der Waals surface area contributed by atoms with Crippen molar-refractivity contribution in [3.05, 3.63) is 47.5 Å². The van der Waals surface area contributed by atoms with Crippen LogP contribution < -0.4 is 18.0 Å². The molecule has 10 nitrogen and oxygen atoms in total. The van der Waals surface area contributed by atoms with Gasteiger partial charge >= 0.3 is 15.6 Å². The van der Waals surface area contributed by atoms with Crippen molar-refractivity contribution in [2.45, 2.75) is 11.9 Å². The molecule has 2 rings (SSSR count). The van der Waals surface area contributed by atoms with Crippen molar-refractivity contribution >= 4 is 27.1 Å². The van der Waals surface area contributed by atoms with E-state index in [-0.39, 0.29) is 42.5 Å². The van der Waals surface area contributed by atoms with Crippen LogP contribution in [0.4, 0.5) is 18.9 Å². The lowest BCUT2D eigenvalue weighted by atomic mass is 10.1. The number of alkyl halides is 3. The Morgan fingerprint density at radius 3 is 2.41 bits per heavy atom. The number of methoxy groups -OCH3 is 2. The van der Waals surface area contributed by atoms with E-state index in [9.17, 15) is 30.4 Å². The molecular weight excluding hydrogens is 505 g/mol. The summed E-state index contributed by atoms with van der Waals surface area (Å²) in [6, 6.07) is 9.34. The fraction of sp³-hybridized carbons (Fsp3) is 0.316. The van der Waals surface area contributed by atoms with Gasteiger partial charge < -0.3 is 18.4 Å². The lowest BCUT2D eigenvalue weighted by Gasteiger charge is -2.23. The maximum atomic E-state index is 12.6. The van der Waals surface area contributed by atoms with Crippen LogP contribution >= 0.6 is 0 Å². The third-order valence-corrected chi connectivity index (χ3v) is 5.94. The van der Waals surface area contributed by atoms with Gasteiger partial charge in [-0.3, -0.25) is 8.86 Å². The normalized spacial score (nSPS) is 12.5. The van der Waals surface area contributed by atoms with Gasteiger partial charge in [-0.1, -0.05) is 6.07 Å². The molecule has 0 fully saturated rings. The lowest BCUT2D eigenvalue weighted by Crippen LogP contribution is -2.28. The van der Waals surface area contributed by atoms with E-state index in [1.807, 2.05) is 6.07 Å². The van der Waals surface area contributed by atoms with Crippen LogP contribution in [-0.4, -0.2) is 50.2 Å². The van der Waals surface area contributed by atoms with Crippen molar-refractivity contribution in [3.63, 3.8) is 0 Å². The molecular formula is C19H19F3N2O8S2. The second-order valence-corrected chi connectivity index (χ2v) is 8.82. The highest BCUT2D eigenvalue weighted by molar-refractivity contribution is 7.88. The summed E-state index contributed by atoms with van der Waals surface area (Å²) < 4.78 is 103. The van der Waals surface area contributed by atoms with Crippen LogP contribution in [0.3, 0.4) is 0 Å². The molecule has 2 aromatic rings. The van der Waals surface area contributed by atoms with Crippen molar-refractivity contribution < 1.29 is 48.7 Å². The Hall–Kier alpha value is -3.06. The Kier molecular flexibility index (Phi) is 9.10. The molecule has 2 aromatic carbocycles. The number of halogens is 3. The molecule has 186 valence electrons. The number of anilines is 1. The van der Waals surface area contributed by atoms with E-state index in [0.717, 1.165) is 16.4 Å². The van der Waals surface area contributed by atoms with Gasteiger partial charge in [0.2, 0.25) is 0 Å². The van der Waals surface area contributed by atoms with Gasteiger partial charge in [0.05, 0.1) is 24.4 Å². The van der Waals surface area contributed by atoms with E-state index in [2.05, 4.69) is 4.18 Å². The number of nitrogens with zero attached hydrogens (tertiary/aromatic N) is 2. The molecule has 0 heterocycles. The minimum atomic E-state index is -5.90. The van der Waals surface area contributed by atoms with Gasteiger partial charge in [0.15, 0.2) is 6.79 Å². The van der Waals surface area contributed by atoms with Gasteiger partial charge in [0.1, 0.15) is 17.2 Å². The zero-order valence-electron chi connectivity index (χ0n) is 17.7. The van der Waals surface area contributed by atoms with E-state index >= 15 is 0 Å². The van der Waals surface area contributed by atoms with E-state index in [0.29, 0.717) is 5.56 Å². The number of benzene rings is 2. The maximum absolute atomic E-state index is 12.6. The summed E-state index contributed by atoms with van der Waals surface area (Å²) in [6.45, 7) is -0.449. The smallest absolute Gasteiger partial charge is 0.495 e. The summed E-state index contributed by atoms with van der Waals surface area (Å²) in [6.07, 6.45) is 0.0115. The Morgan fingerprint density at radius 1 is 1.15 bits per heavy atom. The number of hydrogen-bond acceptors (Lipinski definition) is 8.